The third-order valence-electron chi connectivity index (χ3n) is 3.32. The van der Waals surface area contributed by atoms with Gasteiger partial charge in [-0.2, -0.15) is 4.68 Å². The first-order chi connectivity index (χ1) is 10.2. The van der Waals surface area contributed by atoms with Gasteiger partial charge in [0, 0.05) is 11.3 Å². The topological polar surface area (TPSA) is 78.8 Å². The number of tetrazole rings is 1. The lowest BCUT2D eigenvalue weighted by atomic mass is 10.1. The molecule has 0 radical (unpaired) electrons. The largest absolute Gasteiger partial charge is 0.494 e. The van der Waals surface area contributed by atoms with Crippen molar-refractivity contribution in [2.24, 2.45) is 0 Å². The highest BCUT2D eigenvalue weighted by atomic mass is 16.5. The molecule has 0 aliphatic heterocycles. The van der Waals surface area contributed by atoms with E-state index in [9.17, 15) is 0 Å². The van der Waals surface area contributed by atoms with Crippen molar-refractivity contribution in [1.82, 2.24) is 20.2 Å². The fourth-order valence-corrected chi connectivity index (χ4v) is 2.11. The molecule has 2 aromatic carbocycles. The Labute approximate surface area is 122 Å². The van der Waals surface area contributed by atoms with Crippen LogP contribution in [0.1, 0.15) is 5.56 Å². The normalized spacial score (nSPS) is 10.6. The number of anilines is 1. The molecule has 106 valence electrons. The molecule has 0 aliphatic carbocycles. The summed E-state index contributed by atoms with van der Waals surface area (Å²) in [6.45, 7) is 1.96. The molecule has 0 aliphatic rings. The molecule has 6 nitrogen and oxygen atoms in total. The Hall–Kier alpha value is -2.89. The number of rotatable bonds is 3. The molecule has 0 fully saturated rings. The minimum absolute atomic E-state index is 0.617. The molecule has 21 heavy (non-hydrogen) atoms. The first-order valence-corrected chi connectivity index (χ1v) is 6.49. The molecule has 0 unspecified atom stereocenters. The molecule has 0 spiro atoms. The number of ether oxygens (including phenoxy) is 1. The van der Waals surface area contributed by atoms with E-state index in [1.807, 2.05) is 49.4 Å². The maximum Gasteiger partial charge on any atom is 0.187 e. The molecular weight excluding hydrogens is 266 g/mol. The van der Waals surface area contributed by atoms with Gasteiger partial charge in [-0.25, -0.2) is 0 Å². The van der Waals surface area contributed by atoms with E-state index < -0.39 is 0 Å². The second-order valence-electron chi connectivity index (χ2n) is 4.66. The minimum atomic E-state index is 0.617. The van der Waals surface area contributed by atoms with Crippen LogP contribution in [0.2, 0.25) is 0 Å². The fourth-order valence-electron chi connectivity index (χ4n) is 2.11. The van der Waals surface area contributed by atoms with Crippen LogP contribution >= 0.6 is 0 Å². The summed E-state index contributed by atoms with van der Waals surface area (Å²) in [5.41, 5.74) is 9.34. The number of nitrogens with zero attached hydrogens (tertiary/aromatic N) is 4. The van der Waals surface area contributed by atoms with Crippen LogP contribution < -0.4 is 10.5 Å². The van der Waals surface area contributed by atoms with Gasteiger partial charge in [0.1, 0.15) is 11.4 Å². The summed E-state index contributed by atoms with van der Waals surface area (Å²) in [5, 5.41) is 11.9. The number of aryl methyl sites for hydroxylation is 1. The van der Waals surface area contributed by atoms with Crippen LogP contribution in [0.3, 0.4) is 0 Å². The molecule has 0 amide bonds. The zero-order valence-corrected chi connectivity index (χ0v) is 11.8. The molecule has 0 saturated heterocycles. The average Bonchev–Trinajstić information content (AvgIpc) is 2.99. The Morgan fingerprint density at radius 2 is 1.95 bits per heavy atom. The summed E-state index contributed by atoms with van der Waals surface area (Å²) < 4.78 is 7.00. The van der Waals surface area contributed by atoms with Gasteiger partial charge in [-0.15, -0.1) is 5.10 Å². The average molecular weight is 281 g/mol. The van der Waals surface area contributed by atoms with Gasteiger partial charge in [0.15, 0.2) is 5.82 Å². The highest BCUT2D eigenvalue weighted by molar-refractivity contribution is 5.65. The van der Waals surface area contributed by atoms with Crippen LogP contribution in [0.4, 0.5) is 5.69 Å². The molecule has 3 rings (SSSR count). The van der Waals surface area contributed by atoms with Crippen LogP contribution in [0.25, 0.3) is 17.1 Å². The van der Waals surface area contributed by atoms with Crippen molar-refractivity contribution in [3.05, 3.63) is 48.0 Å². The van der Waals surface area contributed by atoms with E-state index in [1.165, 1.54) is 0 Å². The van der Waals surface area contributed by atoms with Crippen LogP contribution in [-0.2, 0) is 0 Å². The number of hydrogen-bond donors (Lipinski definition) is 1. The van der Waals surface area contributed by atoms with E-state index in [0.717, 1.165) is 16.8 Å². The highest BCUT2D eigenvalue weighted by Crippen LogP contribution is 2.27. The highest BCUT2D eigenvalue weighted by Gasteiger charge is 2.14. The third kappa shape index (κ3) is 2.31. The van der Waals surface area contributed by atoms with Crippen molar-refractivity contribution in [2.45, 2.75) is 6.92 Å². The smallest absolute Gasteiger partial charge is 0.187 e. The lowest BCUT2D eigenvalue weighted by Gasteiger charge is -2.10. The van der Waals surface area contributed by atoms with Crippen LogP contribution in [0, 0.1) is 6.92 Å². The molecule has 2 N–H and O–H groups in total. The van der Waals surface area contributed by atoms with Gasteiger partial charge >= 0.3 is 0 Å². The lowest BCUT2D eigenvalue weighted by molar-refractivity contribution is 0.411. The maximum absolute atomic E-state index is 5.97. The molecule has 1 aromatic heterocycles. The Morgan fingerprint density at radius 1 is 1.14 bits per heavy atom. The van der Waals surface area contributed by atoms with E-state index >= 15 is 0 Å². The number of para-hydroxylation sites is 2. The predicted molar refractivity (Wildman–Crippen MR) is 80.3 cm³/mol. The number of methoxy groups -OCH3 is 1. The van der Waals surface area contributed by atoms with E-state index in [-0.39, 0.29) is 0 Å². The van der Waals surface area contributed by atoms with E-state index in [0.29, 0.717) is 17.3 Å². The summed E-state index contributed by atoms with van der Waals surface area (Å²) >= 11 is 0. The summed E-state index contributed by atoms with van der Waals surface area (Å²) in [5.74, 6) is 1.32. The van der Waals surface area contributed by atoms with Crippen molar-refractivity contribution in [3.8, 4) is 22.8 Å². The SMILES string of the molecule is COc1ccccc1-n1nnnc1-c1ccc(C)c(N)c1. The second-order valence-corrected chi connectivity index (χ2v) is 4.66. The Balaban J connectivity index is 2.15. The Morgan fingerprint density at radius 3 is 2.71 bits per heavy atom. The Bertz CT molecular complexity index is 781. The molecule has 0 atom stereocenters. The standard InChI is InChI=1S/C15H15N5O/c1-10-7-8-11(9-12(10)16)15-17-18-19-20(15)13-5-3-4-6-14(13)21-2/h3-9H,16H2,1-2H3. The van der Waals surface area contributed by atoms with E-state index in [4.69, 9.17) is 10.5 Å². The van der Waals surface area contributed by atoms with E-state index in [1.54, 1.807) is 11.8 Å². The van der Waals surface area contributed by atoms with Crippen LogP contribution in [-0.4, -0.2) is 27.3 Å². The second kappa shape index (κ2) is 5.24. The molecular formula is C15H15N5O. The number of hydrogen-bond acceptors (Lipinski definition) is 5. The summed E-state index contributed by atoms with van der Waals surface area (Å²) in [6.07, 6.45) is 0. The quantitative estimate of drug-likeness (QED) is 0.745. The van der Waals surface area contributed by atoms with Crippen molar-refractivity contribution < 1.29 is 4.74 Å². The van der Waals surface area contributed by atoms with Crippen LogP contribution in [0.5, 0.6) is 5.75 Å². The number of nitrogen functional groups attached to an aromatic ring is 1. The molecule has 0 saturated carbocycles. The number of benzene rings is 2. The number of aromatic nitrogens is 4. The summed E-state index contributed by atoms with van der Waals surface area (Å²) in [7, 11) is 1.62. The monoisotopic (exact) mass is 281 g/mol. The van der Waals surface area contributed by atoms with Gasteiger partial charge in [-0.1, -0.05) is 24.3 Å². The van der Waals surface area contributed by atoms with Gasteiger partial charge in [-0.3, -0.25) is 0 Å². The van der Waals surface area contributed by atoms with Gasteiger partial charge in [0.05, 0.1) is 7.11 Å². The first-order valence-electron chi connectivity index (χ1n) is 6.49. The zero-order valence-electron chi connectivity index (χ0n) is 11.8. The molecule has 1 heterocycles. The van der Waals surface area contributed by atoms with Crippen molar-refractivity contribution in [3.63, 3.8) is 0 Å². The Kier molecular flexibility index (Phi) is 3.27. The fraction of sp³-hybridized carbons (Fsp3) is 0.133. The summed E-state index contributed by atoms with van der Waals surface area (Å²) in [4.78, 5) is 0. The predicted octanol–water partition coefficient (Wildman–Crippen LogP) is 2.23. The first kappa shape index (κ1) is 13.1. The molecule has 3 aromatic rings. The number of nitrogens with two attached hydrogens (primary N) is 1. The zero-order chi connectivity index (χ0) is 14.8. The van der Waals surface area contributed by atoms with Gasteiger partial charge < -0.3 is 10.5 Å². The van der Waals surface area contributed by atoms with Crippen molar-refractivity contribution in [1.29, 1.82) is 0 Å². The lowest BCUT2D eigenvalue weighted by Crippen LogP contribution is -2.02. The maximum atomic E-state index is 5.97. The van der Waals surface area contributed by atoms with Gasteiger partial charge in [-0.05, 0) is 41.1 Å². The third-order valence-corrected chi connectivity index (χ3v) is 3.32. The molecule has 0 bridgehead atoms. The van der Waals surface area contributed by atoms with Gasteiger partial charge in [0.25, 0.3) is 0 Å². The van der Waals surface area contributed by atoms with Gasteiger partial charge in [0.2, 0.25) is 0 Å². The summed E-state index contributed by atoms with van der Waals surface area (Å²) in [6, 6.07) is 13.3. The van der Waals surface area contributed by atoms with Crippen molar-refractivity contribution in [2.75, 3.05) is 12.8 Å². The van der Waals surface area contributed by atoms with Crippen molar-refractivity contribution >= 4 is 5.69 Å². The van der Waals surface area contributed by atoms with Crippen LogP contribution in [0.15, 0.2) is 42.5 Å². The minimum Gasteiger partial charge on any atom is -0.494 e. The molecule has 6 heteroatoms. The van der Waals surface area contributed by atoms with E-state index in [2.05, 4.69) is 15.5 Å².